The Balaban J connectivity index is 1.89. The number of amides is 1. The molecule has 0 saturated carbocycles. The number of carbonyl (C=O) groups excluding carboxylic acids is 1. The second kappa shape index (κ2) is 7.17. The zero-order chi connectivity index (χ0) is 20.8. The van der Waals surface area contributed by atoms with Crippen molar-refractivity contribution in [3.8, 4) is 0 Å². The van der Waals surface area contributed by atoms with Gasteiger partial charge >= 0.3 is 5.69 Å². The molecule has 3 rings (SSSR count). The van der Waals surface area contributed by atoms with Crippen molar-refractivity contribution >= 4 is 26.9 Å². The van der Waals surface area contributed by atoms with Gasteiger partial charge < -0.3 is 14.4 Å². The normalized spacial score (nSPS) is 16.1. The Morgan fingerprint density at radius 3 is 2.18 bits per heavy atom. The van der Waals surface area contributed by atoms with Crippen LogP contribution in [0.2, 0.25) is 0 Å². The lowest BCUT2D eigenvalue weighted by Crippen LogP contribution is -2.47. The Bertz CT molecular complexity index is 1150. The highest BCUT2D eigenvalue weighted by Gasteiger charge is 2.28. The molecule has 11 nitrogen and oxygen atoms in total. The SMILES string of the molecule is CN1CCN(C(=O)CCS(=O)(=O)c2nc3c(=O)n(C)c(=O)n(C)c3n2C)CC1. The summed E-state index contributed by atoms with van der Waals surface area (Å²) >= 11 is 0. The molecule has 2 aromatic rings. The molecule has 1 amide bonds. The summed E-state index contributed by atoms with van der Waals surface area (Å²) in [6.07, 6.45) is -0.161. The van der Waals surface area contributed by atoms with Gasteiger partial charge in [-0.1, -0.05) is 0 Å². The Kier molecular flexibility index (Phi) is 5.19. The first kappa shape index (κ1) is 20.3. The highest BCUT2D eigenvalue weighted by atomic mass is 32.2. The summed E-state index contributed by atoms with van der Waals surface area (Å²) in [4.78, 5) is 44.5. The number of hydrogen-bond donors (Lipinski definition) is 0. The Labute approximate surface area is 161 Å². The first-order valence-electron chi connectivity index (χ1n) is 8.86. The molecule has 1 saturated heterocycles. The van der Waals surface area contributed by atoms with Gasteiger partial charge in [0, 0.05) is 53.7 Å². The van der Waals surface area contributed by atoms with E-state index >= 15 is 0 Å². The topological polar surface area (TPSA) is 120 Å². The predicted octanol–water partition coefficient (Wildman–Crippen LogP) is -2.09. The van der Waals surface area contributed by atoms with Crippen LogP contribution in [0.4, 0.5) is 0 Å². The van der Waals surface area contributed by atoms with Crippen molar-refractivity contribution in [3.63, 3.8) is 0 Å². The van der Waals surface area contributed by atoms with E-state index < -0.39 is 26.8 Å². The van der Waals surface area contributed by atoms with Gasteiger partial charge in [-0.25, -0.2) is 18.2 Å². The number of aromatic nitrogens is 4. The van der Waals surface area contributed by atoms with Crippen LogP contribution < -0.4 is 11.2 Å². The predicted molar refractivity (Wildman–Crippen MR) is 102 cm³/mol. The smallest absolute Gasteiger partial charge is 0.332 e. The van der Waals surface area contributed by atoms with E-state index in [4.69, 9.17) is 0 Å². The minimum atomic E-state index is -3.93. The molecule has 0 spiro atoms. The van der Waals surface area contributed by atoms with Crippen molar-refractivity contribution in [1.82, 2.24) is 28.5 Å². The summed E-state index contributed by atoms with van der Waals surface area (Å²) in [5.41, 5.74) is -1.22. The molecule has 0 aliphatic carbocycles. The lowest BCUT2D eigenvalue weighted by molar-refractivity contribution is -0.132. The maximum Gasteiger partial charge on any atom is 0.332 e. The molecule has 1 fully saturated rings. The molecule has 0 aromatic carbocycles. The van der Waals surface area contributed by atoms with Gasteiger partial charge in [0.05, 0.1) is 5.75 Å². The van der Waals surface area contributed by atoms with E-state index in [0.29, 0.717) is 13.1 Å². The van der Waals surface area contributed by atoms with Crippen LogP contribution in [0.15, 0.2) is 14.7 Å². The van der Waals surface area contributed by atoms with Gasteiger partial charge in [-0.05, 0) is 7.05 Å². The molecule has 1 aliphatic heterocycles. The largest absolute Gasteiger partial charge is 0.340 e. The van der Waals surface area contributed by atoms with Crippen molar-refractivity contribution < 1.29 is 13.2 Å². The van der Waals surface area contributed by atoms with Crippen LogP contribution in [-0.4, -0.2) is 81.8 Å². The molecule has 1 aliphatic rings. The van der Waals surface area contributed by atoms with Gasteiger partial charge in [-0.2, -0.15) is 0 Å². The fraction of sp³-hybridized carbons (Fsp3) is 0.625. The summed E-state index contributed by atoms with van der Waals surface area (Å²) in [6, 6.07) is 0. The van der Waals surface area contributed by atoms with Crippen LogP contribution in [-0.2, 0) is 35.8 Å². The highest BCUT2D eigenvalue weighted by Crippen LogP contribution is 2.16. The summed E-state index contributed by atoms with van der Waals surface area (Å²) in [5, 5.41) is -0.327. The van der Waals surface area contributed by atoms with Crippen LogP contribution in [0.25, 0.3) is 11.2 Å². The molecular weight excluding hydrogens is 388 g/mol. The summed E-state index contributed by atoms with van der Waals surface area (Å²) in [6.45, 7) is 2.64. The number of piperazine rings is 1. The maximum absolute atomic E-state index is 12.8. The van der Waals surface area contributed by atoms with E-state index in [2.05, 4.69) is 9.88 Å². The van der Waals surface area contributed by atoms with Crippen LogP contribution in [0, 0.1) is 0 Å². The number of rotatable bonds is 4. The van der Waals surface area contributed by atoms with Crippen molar-refractivity contribution in [2.75, 3.05) is 39.0 Å². The monoisotopic (exact) mass is 412 g/mol. The standard InChI is InChI=1S/C16H24N6O5S/c1-18-6-8-22(9-7-18)11(23)5-10-28(26,27)15-17-12-13(19(15)2)20(3)16(25)21(4)14(12)24/h5-10H2,1-4H3. The van der Waals surface area contributed by atoms with E-state index in [1.54, 1.807) is 4.90 Å². The van der Waals surface area contributed by atoms with Crippen LogP contribution in [0.1, 0.15) is 6.42 Å². The average Bonchev–Trinajstić information content (AvgIpc) is 3.01. The van der Waals surface area contributed by atoms with E-state index in [0.717, 1.165) is 17.7 Å². The molecule has 0 bridgehead atoms. The van der Waals surface area contributed by atoms with Crippen molar-refractivity contribution in [3.05, 3.63) is 20.8 Å². The molecule has 3 heterocycles. The quantitative estimate of drug-likeness (QED) is 0.565. The molecule has 0 radical (unpaired) electrons. The van der Waals surface area contributed by atoms with Crippen molar-refractivity contribution in [2.24, 2.45) is 21.1 Å². The number of sulfone groups is 1. The second-order valence-corrected chi connectivity index (χ2v) is 9.09. The minimum absolute atomic E-state index is 0.101. The molecule has 0 N–H and O–H groups in total. The third kappa shape index (κ3) is 3.37. The molecule has 2 aromatic heterocycles. The summed E-state index contributed by atoms with van der Waals surface area (Å²) in [5.74, 6) is -0.636. The zero-order valence-electron chi connectivity index (χ0n) is 16.4. The number of likely N-dealkylation sites (N-methyl/N-ethyl adjacent to an activating group) is 1. The van der Waals surface area contributed by atoms with E-state index in [9.17, 15) is 22.8 Å². The van der Waals surface area contributed by atoms with Gasteiger partial charge in [-0.3, -0.25) is 18.7 Å². The Morgan fingerprint density at radius 1 is 0.964 bits per heavy atom. The second-order valence-electron chi connectivity index (χ2n) is 7.08. The average molecular weight is 412 g/mol. The summed E-state index contributed by atoms with van der Waals surface area (Å²) < 4.78 is 28.9. The highest BCUT2D eigenvalue weighted by molar-refractivity contribution is 7.91. The number of nitrogens with zero attached hydrogens (tertiary/aromatic N) is 6. The molecule has 154 valence electrons. The molecule has 28 heavy (non-hydrogen) atoms. The number of fused-ring (bicyclic) bond motifs is 1. The van der Waals surface area contributed by atoms with Gasteiger partial charge in [0.25, 0.3) is 5.56 Å². The third-order valence-electron chi connectivity index (χ3n) is 5.14. The Hall–Kier alpha value is -2.47. The first-order valence-corrected chi connectivity index (χ1v) is 10.5. The fourth-order valence-corrected chi connectivity index (χ4v) is 4.72. The Morgan fingerprint density at radius 2 is 1.57 bits per heavy atom. The van der Waals surface area contributed by atoms with Crippen LogP contribution in [0.3, 0.4) is 0 Å². The third-order valence-corrected chi connectivity index (χ3v) is 6.80. The van der Waals surface area contributed by atoms with E-state index in [1.807, 2.05) is 7.05 Å². The molecule has 0 unspecified atom stereocenters. The van der Waals surface area contributed by atoms with Gasteiger partial charge in [0.2, 0.25) is 20.9 Å². The number of hydrogen-bond acceptors (Lipinski definition) is 7. The summed E-state index contributed by atoms with van der Waals surface area (Å²) in [7, 11) is 2.23. The number of aryl methyl sites for hydroxylation is 2. The lowest BCUT2D eigenvalue weighted by atomic mass is 10.3. The molecular formula is C16H24N6O5S. The van der Waals surface area contributed by atoms with Gasteiger partial charge in [0.1, 0.15) is 0 Å². The lowest BCUT2D eigenvalue weighted by Gasteiger charge is -2.32. The first-order chi connectivity index (χ1) is 13.0. The van der Waals surface area contributed by atoms with Gasteiger partial charge in [-0.15, -0.1) is 0 Å². The van der Waals surface area contributed by atoms with Crippen LogP contribution >= 0.6 is 0 Å². The van der Waals surface area contributed by atoms with Crippen molar-refractivity contribution in [2.45, 2.75) is 11.6 Å². The van der Waals surface area contributed by atoms with E-state index in [-0.39, 0.29) is 28.6 Å². The van der Waals surface area contributed by atoms with Crippen LogP contribution in [0.5, 0.6) is 0 Å². The minimum Gasteiger partial charge on any atom is -0.340 e. The fourth-order valence-electron chi connectivity index (χ4n) is 3.36. The number of carbonyl (C=O) groups is 1. The maximum atomic E-state index is 12.8. The number of imidazole rings is 1. The zero-order valence-corrected chi connectivity index (χ0v) is 17.2. The van der Waals surface area contributed by atoms with Gasteiger partial charge in [0.15, 0.2) is 11.2 Å². The molecule has 0 atom stereocenters. The molecule has 12 heteroatoms. The van der Waals surface area contributed by atoms with Crippen molar-refractivity contribution in [1.29, 1.82) is 0 Å². The van der Waals surface area contributed by atoms with E-state index in [1.165, 1.54) is 30.3 Å².